The molecule has 0 aliphatic carbocycles. The number of nitrogens with zero attached hydrogens (tertiary/aromatic N) is 8. The van der Waals surface area contributed by atoms with Crippen molar-refractivity contribution in [2.75, 3.05) is 57.1 Å². The highest BCUT2D eigenvalue weighted by molar-refractivity contribution is 7.18. The molecule has 5 heterocycles. The summed E-state index contributed by atoms with van der Waals surface area (Å²) < 4.78 is 0. The van der Waals surface area contributed by atoms with Gasteiger partial charge >= 0.3 is 0 Å². The Balaban J connectivity index is 1.35. The Morgan fingerprint density at radius 3 is 2.62 bits per heavy atom. The van der Waals surface area contributed by atoms with E-state index in [0.717, 1.165) is 58.6 Å². The predicted octanol–water partition coefficient (Wildman–Crippen LogP) is 2.79. The van der Waals surface area contributed by atoms with Crippen molar-refractivity contribution >= 4 is 39.0 Å². The molecule has 1 saturated heterocycles. The van der Waals surface area contributed by atoms with E-state index in [1.165, 1.54) is 11.3 Å². The number of hydrogen-bond acceptors (Lipinski definition) is 10. The Kier molecular flexibility index (Phi) is 6.16. The first-order chi connectivity index (χ1) is 16.5. The third-order valence-corrected chi connectivity index (χ3v) is 7.04. The summed E-state index contributed by atoms with van der Waals surface area (Å²) >= 11 is 1.51. The summed E-state index contributed by atoms with van der Waals surface area (Å²) in [5.41, 5.74) is 3.04. The quantitative estimate of drug-likeness (QED) is 0.391. The van der Waals surface area contributed by atoms with Crippen LogP contribution in [0.3, 0.4) is 0 Å². The standard InChI is InChI=1S/C24H26N8OS/c1-30(2)24-29-28-23(34-24)18-10-17-11-19(26-15-20(17)27-14-18)13-21(33)16-4-5-25-22(12-16)32-8-6-31(3)7-9-32/h4-5,10-12,14-15H,6-9,13H2,1-3H3. The zero-order valence-corrected chi connectivity index (χ0v) is 20.3. The third-order valence-electron chi connectivity index (χ3n) is 5.90. The molecule has 5 rings (SSSR count). The molecular weight excluding hydrogens is 448 g/mol. The number of likely N-dealkylation sites (N-methyl/N-ethyl adjacent to an activating group) is 1. The number of aromatic nitrogens is 5. The topological polar surface area (TPSA) is 91.2 Å². The van der Waals surface area contributed by atoms with Gasteiger partial charge in [-0.15, -0.1) is 10.2 Å². The molecule has 0 spiro atoms. The molecule has 0 aromatic carbocycles. The van der Waals surface area contributed by atoms with E-state index >= 15 is 0 Å². The first-order valence-corrected chi connectivity index (χ1v) is 12.0. The molecule has 1 aliphatic heterocycles. The number of Topliss-reactive ketones (excluding diaryl/α,β-unsaturated/α-hetero) is 1. The number of carbonyl (C=O) groups excluding carboxylic acids is 1. The fourth-order valence-electron chi connectivity index (χ4n) is 3.87. The maximum Gasteiger partial charge on any atom is 0.208 e. The normalized spacial score (nSPS) is 14.5. The summed E-state index contributed by atoms with van der Waals surface area (Å²) in [6.45, 7) is 3.80. The summed E-state index contributed by atoms with van der Waals surface area (Å²) in [7, 11) is 6.00. The van der Waals surface area contributed by atoms with E-state index in [0.29, 0.717) is 11.3 Å². The van der Waals surface area contributed by atoms with Gasteiger partial charge in [0.25, 0.3) is 0 Å². The number of pyridine rings is 3. The number of piperazine rings is 1. The van der Waals surface area contributed by atoms with Crippen LogP contribution in [0, 0.1) is 0 Å². The van der Waals surface area contributed by atoms with E-state index in [2.05, 4.69) is 42.0 Å². The van der Waals surface area contributed by atoms with Crippen LogP contribution in [0.4, 0.5) is 10.9 Å². The number of hydrogen-bond donors (Lipinski definition) is 0. The maximum atomic E-state index is 13.1. The van der Waals surface area contributed by atoms with Crippen LogP contribution in [0.15, 0.2) is 42.9 Å². The van der Waals surface area contributed by atoms with Crippen LogP contribution < -0.4 is 9.80 Å². The van der Waals surface area contributed by atoms with Crippen molar-refractivity contribution in [3.8, 4) is 10.6 Å². The monoisotopic (exact) mass is 474 g/mol. The van der Waals surface area contributed by atoms with E-state index in [4.69, 9.17) is 0 Å². The van der Waals surface area contributed by atoms with Crippen molar-refractivity contribution in [3.63, 3.8) is 0 Å². The Morgan fingerprint density at radius 1 is 1.03 bits per heavy atom. The van der Waals surface area contributed by atoms with Gasteiger partial charge in [0.1, 0.15) is 5.82 Å². The molecule has 174 valence electrons. The minimum absolute atomic E-state index is 0.0217. The van der Waals surface area contributed by atoms with E-state index in [1.54, 1.807) is 24.7 Å². The average Bonchev–Trinajstić information content (AvgIpc) is 3.35. The van der Waals surface area contributed by atoms with Crippen molar-refractivity contribution in [1.82, 2.24) is 30.0 Å². The lowest BCUT2D eigenvalue weighted by Gasteiger charge is -2.33. The summed E-state index contributed by atoms with van der Waals surface area (Å²) in [5.74, 6) is 0.877. The number of anilines is 2. The molecule has 0 bridgehead atoms. The third kappa shape index (κ3) is 4.73. The van der Waals surface area contributed by atoms with Gasteiger partial charge in [-0.05, 0) is 31.3 Å². The van der Waals surface area contributed by atoms with Crippen molar-refractivity contribution in [2.24, 2.45) is 0 Å². The molecular formula is C24H26N8OS. The van der Waals surface area contributed by atoms with Gasteiger partial charge in [0, 0.05) is 74.9 Å². The largest absolute Gasteiger partial charge is 0.354 e. The molecule has 9 nitrogen and oxygen atoms in total. The first-order valence-electron chi connectivity index (χ1n) is 11.1. The fourth-order valence-corrected chi connectivity index (χ4v) is 4.62. The molecule has 4 aromatic heterocycles. The Hall–Kier alpha value is -3.50. The molecule has 1 aliphatic rings. The minimum Gasteiger partial charge on any atom is -0.354 e. The van der Waals surface area contributed by atoms with E-state index < -0.39 is 0 Å². The van der Waals surface area contributed by atoms with Crippen LogP contribution in [-0.4, -0.2) is 83.2 Å². The summed E-state index contributed by atoms with van der Waals surface area (Å²) in [4.78, 5) is 33.0. The van der Waals surface area contributed by atoms with Crippen molar-refractivity contribution < 1.29 is 4.79 Å². The molecule has 1 fully saturated rings. The summed E-state index contributed by atoms with van der Waals surface area (Å²) in [6, 6.07) is 7.63. The second kappa shape index (κ2) is 9.40. The highest BCUT2D eigenvalue weighted by Gasteiger charge is 2.17. The van der Waals surface area contributed by atoms with Crippen molar-refractivity contribution in [3.05, 3.63) is 54.1 Å². The first kappa shape index (κ1) is 22.3. The van der Waals surface area contributed by atoms with Crippen molar-refractivity contribution in [2.45, 2.75) is 6.42 Å². The van der Waals surface area contributed by atoms with Crippen LogP contribution in [0.25, 0.3) is 21.5 Å². The number of carbonyl (C=O) groups is 1. The smallest absolute Gasteiger partial charge is 0.208 e. The SMILES string of the molecule is CN1CCN(c2cc(C(=O)Cc3cc4cc(-c5nnc(N(C)C)s5)cnc4cn3)ccn2)CC1. The molecule has 0 atom stereocenters. The molecule has 0 N–H and O–H groups in total. The molecule has 34 heavy (non-hydrogen) atoms. The van der Waals surface area contributed by atoms with Crippen LogP contribution >= 0.6 is 11.3 Å². The molecule has 0 unspecified atom stereocenters. The van der Waals surface area contributed by atoms with Gasteiger partial charge < -0.3 is 14.7 Å². The van der Waals surface area contributed by atoms with Crippen LogP contribution in [0.2, 0.25) is 0 Å². The lowest BCUT2D eigenvalue weighted by Crippen LogP contribution is -2.44. The molecule has 4 aromatic rings. The van der Waals surface area contributed by atoms with Crippen LogP contribution in [0.5, 0.6) is 0 Å². The maximum absolute atomic E-state index is 13.1. The summed E-state index contributed by atoms with van der Waals surface area (Å²) in [5, 5.41) is 11.1. The number of ketones is 1. The van der Waals surface area contributed by atoms with Crippen LogP contribution in [0.1, 0.15) is 16.1 Å². The highest BCUT2D eigenvalue weighted by Crippen LogP contribution is 2.29. The average molecular weight is 475 g/mol. The Labute approximate surface area is 202 Å². The number of rotatable bonds is 6. The van der Waals surface area contributed by atoms with Gasteiger partial charge in [-0.1, -0.05) is 11.3 Å². The van der Waals surface area contributed by atoms with E-state index in [9.17, 15) is 4.79 Å². The van der Waals surface area contributed by atoms with Crippen LogP contribution in [-0.2, 0) is 6.42 Å². The number of fused-ring (bicyclic) bond motifs is 1. The van der Waals surface area contributed by atoms with Crippen molar-refractivity contribution in [1.29, 1.82) is 0 Å². The van der Waals surface area contributed by atoms with Gasteiger partial charge in [0.05, 0.1) is 18.1 Å². The Morgan fingerprint density at radius 2 is 1.85 bits per heavy atom. The fraction of sp³-hybridized carbons (Fsp3) is 0.333. The van der Waals surface area contributed by atoms with Gasteiger partial charge in [0.15, 0.2) is 10.8 Å². The molecule has 10 heteroatoms. The second-order valence-electron chi connectivity index (χ2n) is 8.67. The molecule has 0 amide bonds. The molecule has 0 radical (unpaired) electrons. The lowest BCUT2D eigenvalue weighted by atomic mass is 10.1. The Bertz CT molecular complexity index is 1330. The lowest BCUT2D eigenvalue weighted by molar-refractivity contribution is 0.0992. The van der Waals surface area contributed by atoms with Gasteiger partial charge in [0.2, 0.25) is 5.13 Å². The minimum atomic E-state index is 0.0217. The summed E-state index contributed by atoms with van der Waals surface area (Å²) in [6.07, 6.45) is 5.44. The van der Waals surface area contributed by atoms with Gasteiger partial charge in [-0.25, -0.2) is 4.98 Å². The van der Waals surface area contributed by atoms with Gasteiger partial charge in [-0.3, -0.25) is 14.8 Å². The van der Waals surface area contributed by atoms with E-state index in [1.807, 2.05) is 37.2 Å². The van der Waals surface area contributed by atoms with E-state index in [-0.39, 0.29) is 12.2 Å². The second-order valence-corrected chi connectivity index (χ2v) is 9.63. The van der Waals surface area contributed by atoms with Gasteiger partial charge in [-0.2, -0.15) is 0 Å². The highest BCUT2D eigenvalue weighted by atomic mass is 32.1. The zero-order chi connectivity index (χ0) is 23.7. The molecule has 0 saturated carbocycles. The zero-order valence-electron chi connectivity index (χ0n) is 19.5. The predicted molar refractivity (Wildman–Crippen MR) is 135 cm³/mol.